The lowest BCUT2D eigenvalue weighted by Crippen LogP contribution is -2.46. The molecule has 1 aromatic heterocycles. The number of rotatable bonds is 3. The number of aromatic amines is 1. The third-order valence-electron chi connectivity index (χ3n) is 4.64. The van der Waals surface area contributed by atoms with E-state index >= 15 is 0 Å². The molecule has 6 nitrogen and oxygen atoms in total. The second kappa shape index (κ2) is 7.27. The quantitative estimate of drug-likeness (QED) is 0.911. The Kier molecular flexibility index (Phi) is 5.08. The molecule has 7 heteroatoms. The summed E-state index contributed by atoms with van der Waals surface area (Å²) in [4.78, 5) is 41.8. The monoisotopic (exact) mass is 361 g/mol. The Morgan fingerprint density at radius 2 is 2.04 bits per heavy atom. The number of H-pyrrole nitrogens is 1. The van der Waals surface area contributed by atoms with Gasteiger partial charge in [0.2, 0.25) is 0 Å². The van der Waals surface area contributed by atoms with Crippen molar-refractivity contribution in [1.29, 1.82) is 0 Å². The van der Waals surface area contributed by atoms with Crippen molar-refractivity contribution < 1.29 is 4.79 Å². The maximum atomic E-state index is 12.8. The first-order valence-electron chi connectivity index (χ1n) is 8.36. The first-order valence-corrected chi connectivity index (χ1v) is 8.73. The molecule has 25 heavy (non-hydrogen) atoms. The molecule has 2 heterocycles. The molecule has 1 N–H and O–H groups in total. The standard InChI is InChI=1S/C18H20ClN3O3/c1-12-6-4-5-9-21(12)16(23)14-10-20-18(25)22(17(14)24)11-13-7-2-3-8-15(13)19/h2-3,7-8,10,12H,4-6,9,11H2,1H3,(H,20,25). The van der Waals surface area contributed by atoms with E-state index in [9.17, 15) is 14.4 Å². The number of carbonyl (C=O) groups is 1. The van der Waals surface area contributed by atoms with Gasteiger partial charge in [0, 0.05) is 23.8 Å². The number of likely N-dealkylation sites (tertiary alicyclic amines) is 1. The van der Waals surface area contributed by atoms with Gasteiger partial charge in [-0.2, -0.15) is 0 Å². The Hall–Kier alpha value is -2.34. The van der Waals surface area contributed by atoms with Crippen LogP contribution in [0.2, 0.25) is 5.02 Å². The van der Waals surface area contributed by atoms with E-state index < -0.39 is 11.2 Å². The molecule has 0 bridgehead atoms. The van der Waals surface area contributed by atoms with Crippen LogP contribution in [0.4, 0.5) is 0 Å². The first kappa shape index (κ1) is 17.5. The van der Waals surface area contributed by atoms with Gasteiger partial charge in [-0.1, -0.05) is 29.8 Å². The molecule has 1 saturated heterocycles. The predicted octanol–water partition coefficient (Wildman–Crippen LogP) is 2.25. The van der Waals surface area contributed by atoms with Gasteiger partial charge in [0.1, 0.15) is 5.56 Å². The molecule has 1 atom stereocenters. The van der Waals surface area contributed by atoms with Crippen molar-refractivity contribution in [3.8, 4) is 0 Å². The Labute approximate surface area is 150 Å². The van der Waals surface area contributed by atoms with Crippen LogP contribution < -0.4 is 11.2 Å². The van der Waals surface area contributed by atoms with E-state index in [1.54, 1.807) is 29.2 Å². The number of nitrogens with zero attached hydrogens (tertiary/aromatic N) is 2. The fourth-order valence-corrected chi connectivity index (χ4v) is 3.36. The molecular weight excluding hydrogens is 342 g/mol. The van der Waals surface area contributed by atoms with Crippen molar-refractivity contribution in [3.63, 3.8) is 0 Å². The smallest absolute Gasteiger partial charge is 0.328 e. The van der Waals surface area contributed by atoms with Gasteiger partial charge in [-0.05, 0) is 37.8 Å². The van der Waals surface area contributed by atoms with E-state index in [0.717, 1.165) is 23.8 Å². The average Bonchev–Trinajstić information content (AvgIpc) is 2.60. The summed E-state index contributed by atoms with van der Waals surface area (Å²) in [7, 11) is 0. The van der Waals surface area contributed by atoms with Crippen LogP contribution >= 0.6 is 11.6 Å². The van der Waals surface area contributed by atoms with Gasteiger partial charge < -0.3 is 9.88 Å². The van der Waals surface area contributed by atoms with Crippen molar-refractivity contribution in [2.24, 2.45) is 0 Å². The highest BCUT2D eigenvalue weighted by Gasteiger charge is 2.27. The van der Waals surface area contributed by atoms with E-state index in [4.69, 9.17) is 11.6 Å². The number of halogens is 1. The second-order valence-corrected chi connectivity index (χ2v) is 6.74. The van der Waals surface area contributed by atoms with Gasteiger partial charge in [0.25, 0.3) is 11.5 Å². The Balaban J connectivity index is 1.98. The summed E-state index contributed by atoms with van der Waals surface area (Å²) in [5, 5.41) is 0.468. The minimum atomic E-state index is -0.591. The van der Waals surface area contributed by atoms with Crippen LogP contribution in [-0.4, -0.2) is 32.9 Å². The van der Waals surface area contributed by atoms with Gasteiger partial charge >= 0.3 is 5.69 Å². The number of benzene rings is 1. The van der Waals surface area contributed by atoms with Crippen molar-refractivity contribution in [2.75, 3.05) is 6.54 Å². The van der Waals surface area contributed by atoms with Gasteiger partial charge in [0.05, 0.1) is 6.54 Å². The Morgan fingerprint density at radius 1 is 1.28 bits per heavy atom. The molecule has 0 saturated carbocycles. The van der Waals surface area contributed by atoms with E-state index in [1.807, 2.05) is 6.92 Å². The largest absolute Gasteiger partial charge is 0.336 e. The maximum Gasteiger partial charge on any atom is 0.328 e. The van der Waals surface area contributed by atoms with Crippen molar-refractivity contribution in [3.05, 3.63) is 67.4 Å². The summed E-state index contributed by atoms with van der Waals surface area (Å²) in [5.41, 5.74) is -0.521. The molecule has 1 aromatic carbocycles. The SMILES string of the molecule is CC1CCCCN1C(=O)c1c[nH]c(=O)n(Cc2ccccc2Cl)c1=O. The van der Waals surface area contributed by atoms with Crippen LogP contribution in [0.5, 0.6) is 0 Å². The summed E-state index contributed by atoms with van der Waals surface area (Å²) in [6, 6.07) is 7.08. The number of hydrogen-bond donors (Lipinski definition) is 1. The third-order valence-corrected chi connectivity index (χ3v) is 5.01. The van der Waals surface area contributed by atoms with Crippen LogP contribution in [-0.2, 0) is 6.54 Å². The minimum absolute atomic E-state index is 0.0135. The summed E-state index contributed by atoms with van der Waals surface area (Å²) < 4.78 is 1.02. The molecule has 1 amide bonds. The molecular formula is C18H20ClN3O3. The molecule has 2 aromatic rings. The fourth-order valence-electron chi connectivity index (χ4n) is 3.16. The summed E-state index contributed by atoms with van der Waals surface area (Å²) in [6.45, 7) is 2.62. The topological polar surface area (TPSA) is 75.2 Å². The zero-order valence-corrected chi connectivity index (χ0v) is 14.8. The number of carbonyl (C=O) groups excluding carboxylic acids is 1. The van der Waals surface area contributed by atoms with Crippen LogP contribution in [0.3, 0.4) is 0 Å². The molecule has 3 rings (SSSR count). The highest BCUT2D eigenvalue weighted by Crippen LogP contribution is 2.18. The summed E-state index contributed by atoms with van der Waals surface area (Å²) >= 11 is 6.12. The fraction of sp³-hybridized carbons (Fsp3) is 0.389. The zero-order valence-electron chi connectivity index (χ0n) is 14.0. The van der Waals surface area contributed by atoms with Crippen LogP contribution in [0, 0.1) is 0 Å². The molecule has 0 radical (unpaired) electrons. The highest BCUT2D eigenvalue weighted by atomic mass is 35.5. The van der Waals surface area contributed by atoms with Crippen molar-refractivity contribution in [2.45, 2.75) is 38.8 Å². The molecule has 1 aliphatic rings. The number of amides is 1. The lowest BCUT2D eigenvalue weighted by atomic mass is 10.0. The van der Waals surface area contributed by atoms with Crippen molar-refractivity contribution in [1.82, 2.24) is 14.5 Å². The molecule has 1 aliphatic heterocycles. The second-order valence-electron chi connectivity index (χ2n) is 6.33. The number of nitrogens with one attached hydrogen (secondary N) is 1. The van der Waals surface area contributed by atoms with Gasteiger partial charge in [0.15, 0.2) is 0 Å². The normalized spacial score (nSPS) is 17.5. The summed E-state index contributed by atoms with van der Waals surface area (Å²) in [6.07, 6.45) is 4.14. The molecule has 1 fully saturated rings. The van der Waals surface area contributed by atoms with Crippen LogP contribution in [0.25, 0.3) is 0 Å². The first-order chi connectivity index (χ1) is 12.0. The van der Waals surface area contributed by atoms with E-state index in [1.165, 1.54) is 6.20 Å². The number of piperidine rings is 1. The average molecular weight is 362 g/mol. The molecule has 0 spiro atoms. The van der Waals surface area contributed by atoms with Crippen molar-refractivity contribution >= 4 is 17.5 Å². The van der Waals surface area contributed by atoms with E-state index in [0.29, 0.717) is 17.1 Å². The minimum Gasteiger partial charge on any atom is -0.336 e. The third kappa shape index (κ3) is 3.54. The molecule has 0 aliphatic carbocycles. The highest BCUT2D eigenvalue weighted by molar-refractivity contribution is 6.31. The van der Waals surface area contributed by atoms with Crippen LogP contribution in [0.15, 0.2) is 40.1 Å². The Bertz CT molecular complexity index is 903. The molecule has 132 valence electrons. The van der Waals surface area contributed by atoms with Gasteiger partial charge in [-0.15, -0.1) is 0 Å². The number of aromatic nitrogens is 2. The van der Waals surface area contributed by atoms with Crippen LogP contribution in [0.1, 0.15) is 42.1 Å². The van der Waals surface area contributed by atoms with Gasteiger partial charge in [-0.25, -0.2) is 4.79 Å². The van der Waals surface area contributed by atoms with E-state index in [2.05, 4.69) is 4.98 Å². The maximum absolute atomic E-state index is 12.8. The predicted molar refractivity (Wildman–Crippen MR) is 96.2 cm³/mol. The Morgan fingerprint density at radius 3 is 2.76 bits per heavy atom. The van der Waals surface area contributed by atoms with Gasteiger partial charge in [-0.3, -0.25) is 14.2 Å². The lowest BCUT2D eigenvalue weighted by molar-refractivity contribution is 0.0632. The lowest BCUT2D eigenvalue weighted by Gasteiger charge is -2.33. The zero-order chi connectivity index (χ0) is 18.0. The molecule has 1 unspecified atom stereocenters. The summed E-state index contributed by atoms with van der Waals surface area (Å²) in [5.74, 6) is -0.332. The van der Waals surface area contributed by atoms with E-state index in [-0.39, 0.29) is 24.1 Å². The number of hydrogen-bond acceptors (Lipinski definition) is 3.